The fourth-order valence-corrected chi connectivity index (χ4v) is 2.07. The van der Waals surface area contributed by atoms with Gasteiger partial charge < -0.3 is 5.11 Å². The fraction of sp³-hybridized carbons (Fsp3) is 0.500. The van der Waals surface area contributed by atoms with Crippen LogP contribution in [0, 0.1) is 6.92 Å². The van der Waals surface area contributed by atoms with E-state index < -0.39 is 22.8 Å². The molecule has 1 N–H and O–H groups in total. The minimum absolute atomic E-state index is 0.252. The topological polar surface area (TPSA) is 20.2 Å². The van der Waals surface area contributed by atoms with Gasteiger partial charge in [-0.05, 0) is 19.1 Å². The molecule has 0 radical (unpaired) electrons. The molecule has 16 heavy (non-hydrogen) atoms. The van der Waals surface area contributed by atoms with Crippen molar-refractivity contribution in [3.63, 3.8) is 0 Å². The SMILES string of the molecule is Cc1ccc(C(O)(C(F)(F)F)C(F)(F)F)s1. The van der Waals surface area contributed by atoms with E-state index in [4.69, 9.17) is 5.11 Å². The second kappa shape index (κ2) is 3.63. The van der Waals surface area contributed by atoms with Crippen LogP contribution in [0.25, 0.3) is 0 Å². The molecule has 1 rings (SSSR count). The van der Waals surface area contributed by atoms with Crippen LogP contribution < -0.4 is 0 Å². The summed E-state index contributed by atoms with van der Waals surface area (Å²) in [6.07, 6.45) is -11.6. The quantitative estimate of drug-likeness (QED) is 0.771. The lowest BCUT2D eigenvalue weighted by Gasteiger charge is -2.31. The maximum Gasteiger partial charge on any atom is 0.431 e. The maximum absolute atomic E-state index is 12.3. The molecule has 0 aliphatic heterocycles. The van der Waals surface area contributed by atoms with Crippen molar-refractivity contribution in [3.05, 3.63) is 21.9 Å². The van der Waals surface area contributed by atoms with Gasteiger partial charge in [0.1, 0.15) is 0 Å². The lowest BCUT2D eigenvalue weighted by Crippen LogP contribution is -2.53. The molecular weight excluding hydrogens is 258 g/mol. The highest BCUT2D eigenvalue weighted by molar-refractivity contribution is 7.12. The third-order valence-electron chi connectivity index (χ3n) is 1.92. The van der Waals surface area contributed by atoms with E-state index in [1.165, 1.54) is 6.92 Å². The summed E-state index contributed by atoms with van der Waals surface area (Å²) < 4.78 is 74.0. The molecule has 0 spiro atoms. The maximum atomic E-state index is 12.3. The summed E-state index contributed by atoms with van der Waals surface area (Å²) in [5.41, 5.74) is -4.79. The Bertz CT molecular complexity index is 363. The molecular formula is C8H6F6OS. The van der Waals surface area contributed by atoms with E-state index in [0.29, 0.717) is 6.07 Å². The molecule has 0 aromatic carbocycles. The fourth-order valence-electron chi connectivity index (χ4n) is 1.07. The number of halogens is 6. The summed E-state index contributed by atoms with van der Waals surface area (Å²) in [4.78, 5) is -0.924. The van der Waals surface area contributed by atoms with E-state index in [1.54, 1.807) is 0 Å². The second-order valence-corrected chi connectivity index (χ2v) is 4.40. The number of alkyl halides is 6. The monoisotopic (exact) mass is 264 g/mol. The van der Waals surface area contributed by atoms with Gasteiger partial charge in [-0.15, -0.1) is 11.3 Å². The van der Waals surface area contributed by atoms with Crippen LogP contribution in [-0.4, -0.2) is 17.5 Å². The van der Waals surface area contributed by atoms with E-state index in [-0.39, 0.29) is 16.2 Å². The smallest absolute Gasteiger partial charge is 0.369 e. The highest BCUT2D eigenvalue weighted by Gasteiger charge is 2.72. The molecule has 1 aromatic heterocycles. The Kier molecular flexibility index (Phi) is 3.01. The largest absolute Gasteiger partial charge is 0.431 e. The van der Waals surface area contributed by atoms with Crippen LogP contribution in [0.15, 0.2) is 12.1 Å². The normalized spacial score (nSPS) is 14.2. The first-order chi connectivity index (χ1) is 7.00. The Labute approximate surface area is 90.3 Å². The molecule has 0 aliphatic rings. The van der Waals surface area contributed by atoms with E-state index >= 15 is 0 Å². The average Bonchev–Trinajstić information content (AvgIpc) is 2.46. The van der Waals surface area contributed by atoms with E-state index in [9.17, 15) is 26.3 Å². The molecule has 0 bridgehead atoms. The molecule has 0 saturated carbocycles. The highest BCUT2D eigenvalue weighted by atomic mass is 32.1. The Hall–Kier alpha value is -0.760. The number of hydrogen-bond acceptors (Lipinski definition) is 2. The van der Waals surface area contributed by atoms with Gasteiger partial charge in [0.05, 0.1) is 4.88 Å². The molecule has 0 saturated heterocycles. The number of aryl methyl sites for hydroxylation is 1. The Morgan fingerprint density at radius 3 is 1.69 bits per heavy atom. The van der Waals surface area contributed by atoms with Crippen LogP contribution in [0.4, 0.5) is 26.3 Å². The van der Waals surface area contributed by atoms with Gasteiger partial charge in [0.15, 0.2) is 0 Å². The first-order valence-corrected chi connectivity index (χ1v) is 4.74. The van der Waals surface area contributed by atoms with Crippen LogP contribution >= 0.6 is 11.3 Å². The van der Waals surface area contributed by atoms with Gasteiger partial charge in [-0.25, -0.2) is 0 Å². The molecule has 92 valence electrons. The standard InChI is InChI=1S/C8H6F6OS/c1-4-2-3-5(16-4)6(15,7(9,10)11)8(12,13)14/h2-3,15H,1H3. The number of hydrogen-bond donors (Lipinski definition) is 1. The van der Waals surface area contributed by atoms with E-state index in [0.717, 1.165) is 6.07 Å². The number of rotatable bonds is 1. The number of aliphatic hydroxyl groups is 1. The predicted molar refractivity (Wildman–Crippen MR) is 45.1 cm³/mol. The van der Waals surface area contributed by atoms with Crippen LogP contribution in [-0.2, 0) is 5.60 Å². The molecule has 0 amide bonds. The van der Waals surface area contributed by atoms with Crippen LogP contribution in [0.1, 0.15) is 9.75 Å². The summed E-state index contributed by atoms with van der Waals surface area (Å²) in [7, 11) is 0. The molecule has 1 nitrogen and oxygen atoms in total. The van der Waals surface area contributed by atoms with Crippen molar-refractivity contribution in [1.82, 2.24) is 0 Å². The lowest BCUT2D eigenvalue weighted by molar-refractivity contribution is -0.374. The first kappa shape index (κ1) is 13.3. The second-order valence-electron chi connectivity index (χ2n) is 3.12. The summed E-state index contributed by atoms with van der Waals surface area (Å²) in [5.74, 6) is 0. The molecule has 0 atom stereocenters. The van der Waals surface area contributed by atoms with Crippen LogP contribution in [0.5, 0.6) is 0 Å². The Morgan fingerprint density at radius 2 is 1.44 bits per heavy atom. The van der Waals surface area contributed by atoms with Crippen molar-refractivity contribution >= 4 is 11.3 Å². The van der Waals surface area contributed by atoms with Gasteiger partial charge in [0, 0.05) is 4.88 Å². The van der Waals surface area contributed by atoms with Gasteiger partial charge in [-0.2, -0.15) is 26.3 Å². The molecule has 1 aromatic rings. The van der Waals surface area contributed by atoms with E-state index in [1.807, 2.05) is 0 Å². The Balaban J connectivity index is 3.38. The lowest BCUT2D eigenvalue weighted by atomic mass is 10.0. The van der Waals surface area contributed by atoms with Crippen LogP contribution in [0.2, 0.25) is 0 Å². The molecule has 1 heterocycles. The summed E-state index contributed by atoms with van der Waals surface area (Å²) in [6, 6.07) is 1.71. The molecule has 8 heteroatoms. The molecule has 0 unspecified atom stereocenters. The molecule has 0 fully saturated rings. The highest BCUT2D eigenvalue weighted by Crippen LogP contribution is 2.51. The predicted octanol–water partition coefficient (Wildman–Crippen LogP) is 3.37. The zero-order valence-electron chi connectivity index (χ0n) is 7.78. The summed E-state index contributed by atoms with van der Waals surface area (Å²) in [6.45, 7) is 1.35. The third kappa shape index (κ3) is 1.91. The van der Waals surface area contributed by atoms with Gasteiger partial charge in [-0.1, -0.05) is 0 Å². The van der Waals surface area contributed by atoms with Crippen molar-refractivity contribution in [1.29, 1.82) is 0 Å². The van der Waals surface area contributed by atoms with Crippen molar-refractivity contribution in [2.75, 3.05) is 0 Å². The van der Waals surface area contributed by atoms with Gasteiger partial charge in [-0.3, -0.25) is 0 Å². The minimum Gasteiger partial charge on any atom is -0.369 e. The third-order valence-corrected chi connectivity index (χ3v) is 3.03. The van der Waals surface area contributed by atoms with Gasteiger partial charge >= 0.3 is 12.4 Å². The minimum atomic E-state index is -5.80. The van der Waals surface area contributed by atoms with Gasteiger partial charge in [0.2, 0.25) is 0 Å². The van der Waals surface area contributed by atoms with Crippen molar-refractivity contribution in [3.8, 4) is 0 Å². The summed E-state index contributed by atoms with van der Waals surface area (Å²) in [5, 5.41) is 8.93. The Morgan fingerprint density at radius 1 is 1.00 bits per heavy atom. The number of thiophene rings is 1. The molecule has 0 aliphatic carbocycles. The van der Waals surface area contributed by atoms with E-state index in [2.05, 4.69) is 0 Å². The zero-order chi connectivity index (χ0) is 12.8. The van der Waals surface area contributed by atoms with Crippen molar-refractivity contribution in [2.45, 2.75) is 24.9 Å². The zero-order valence-corrected chi connectivity index (χ0v) is 8.59. The summed E-state index contributed by atoms with van der Waals surface area (Å²) >= 11 is 0.258. The van der Waals surface area contributed by atoms with Crippen LogP contribution in [0.3, 0.4) is 0 Å². The first-order valence-electron chi connectivity index (χ1n) is 3.93. The van der Waals surface area contributed by atoms with Crippen molar-refractivity contribution in [2.24, 2.45) is 0 Å². The van der Waals surface area contributed by atoms with Crippen molar-refractivity contribution < 1.29 is 31.4 Å². The van der Waals surface area contributed by atoms with Gasteiger partial charge in [0.25, 0.3) is 5.60 Å². The average molecular weight is 264 g/mol.